The summed E-state index contributed by atoms with van der Waals surface area (Å²) in [7, 11) is 1.61. The molecule has 0 spiro atoms. The van der Waals surface area contributed by atoms with Crippen LogP contribution in [0.4, 0.5) is 8.78 Å². The van der Waals surface area contributed by atoms with Crippen LogP contribution >= 0.6 is 0 Å². The Bertz CT molecular complexity index is 628. The van der Waals surface area contributed by atoms with Crippen LogP contribution in [0.5, 0.6) is 5.75 Å². The Morgan fingerprint density at radius 2 is 1.74 bits per heavy atom. The molecule has 5 heteroatoms. The molecule has 2 aromatic rings. The van der Waals surface area contributed by atoms with Gasteiger partial charge in [0.25, 0.3) is 0 Å². The highest BCUT2D eigenvalue weighted by Crippen LogP contribution is 2.21. The zero-order valence-electron chi connectivity index (χ0n) is 13.2. The first-order chi connectivity index (χ1) is 11.0. The highest BCUT2D eigenvalue weighted by Gasteiger charge is 2.18. The van der Waals surface area contributed by atoms with Crippen LogP contribution < -0.4 is 10.1 Å². The van der Waals surface area contributed by atoms with Gasteiger partial charge in [-0.1, -0.05) is 24.3 Å². The predicted molar refractivity (Wildman–Crippen MR) is 85.5 cm³/mol. The molecular formula is C18H21F2NO2. The van der Waals surface area contributed by atoms with Crippen LogP contribution in [0.2, 0.25) is 0 Å². The number of halogens is 2. The number of aliphatic hydroxyl groups is 1. The third kappa shape index (κ3) is 4.50. The Morgan fingerprint density at radius 3 is 2.39 bits per heavy atom. The molecule has 3 nitrogen and oxygen atoms in total. The number of aliphatic hydroxyl groups excluding tert-OH is 1. The van der Waals surface area contributed by atoms with E-state index in [-0.39, 0.29) is 18.2 Å². The first kappa shape index (κ1) is 17.4. The van der Waals surface area contributed by atoms with Crippen LogP contribution in [0.3, 0.4) is 0 Å². The summed E-state index contributed by atoms with van der Waals surface area (Å²) in [6.07, 6.45) is -0.562. The molecule has 2 atom stereocenters. The molecule has 0 saturated heterocycles. The first-order valence-corrected chi connectivity index (χ1v) is 7.50. The fraction of sp³-hybridized carbons (Fsp3) is 0.333. The molecule has 0 aliphatic heterocycles. The maximum absolute atomic E-state index is 13.6. The third-order valence-corrected chi connectivity index (χ3v) is 3.71. The minimum atomic E-state index is -1.24. The summed E-state index contributed by atoms with van der Waals surface area (Å²) in [4.78, 5) is 0. The fourth-order valence-electron chi connectivity index (χ4n) is 2.52. The number of hydrogen-bond donors (Lipinski definition) is 2. The molecular weight excluding hydrogens is 300 g/mol. The van der Waals surface area contributed by atoms with Gasteiger partial charge in [-0.3, -0.25) is 0 Å². The second-order valence-electron chi connectivity index (χ2n) is 5.48. The van der Waals surface area contributed by atoms with Gasteiger partial charge in [0.1, 0.15) is 17.4 Å². The minimum Gasteiger partial charge on any atom is -0.496 e. The van der Waals surface area contributed by atoms with Crippen molar-refractivity contribution < 1.29 is 18.6 Å². The van der Waals surface area contributed by atoms with E-state index < -0.39 is 17.7 Å². The number of ether oxygens (including phenoxy) is 1. The Morgan fingerprint density at radius 1 is 1.09 bits per heavy atom. The fourth-order valence-corrected chi connectivity index (χ4v) is 2.52. The maximum Gasteiger partial charge on any atom is 0.131 e. The molecule has 23 heavy (non-hydrogen) atoms. The van der Waals surface area contributed by atoms with Crippen molar-refractivity contribution >= 4 is 0 Å². The monoisotopic (exact) mass is 321 g/mol. The lowest BCUT2D eigenvalue weighted by atomic mass is 10.0. The van der Waals surface area contributed by atoms with E-state index in [0.29, 0.717) is 6.42 Å². The Kier molecular flexibility index (Phi) is 6.07. The normalized spacial score (nSPS) is 13.6. The van der Waals surface area contributed by atoms with Gasteiger partial charge in [-0.05, 0) is 37.1 Å². The van der Waals surface area contributed by atoms with Crippen molar-refractivity contribution in [1.82, 2.24) is 5.32 Å². The molecule has 0 saturated carbocycles. The third-order valence-electron chi connectivity index (χ3n) is 3.71. The lowest BCUT2D eigenvalue weighted by Gasteiger charge is -2.19. The van der Waals surface area contributed by atoms with Crippen LogP contribution in [-0.2, 0) is 6.42 Å². The minimum absolute atomic E-state index is 0.00999. The van der Waals surface area contributed by atoms with Crippen LogP contribution in [0, 0.1) is 11.6 Å². The van der Waals surface area contributed by atoms with Gasteiger partial charge < -0.3 is 15.2 Å². The van der Waals surface area contributed by atoms with Gasteiger partial charge in [0, 0.05) is 12.6 Å². The average molecular weight is 321 g/mol. The van der Waals surface area contributed by atoms with E-state index in [1.165, 1.54) is 6.07 Å². The lowest BCUT2D eigenvalue weighted by molar-refractivity contribution is 0.161. The van der Waals surface area contributed by atoms with Gasteiger partial charge in [-0.25, -0.2) is 8.78 Å². The van der Waals surface area contributed by atoms with Crippen LogP contribution in [-0.4, -0.2) is 24.8 Å². The summed E-state index contributed by atoms with van der Waals surface area (Å²) in [5.74, 6) is -0.685. The van der Waals surface area contributed by atoms with Crippen molar-refractivity contribution in [2.24, 2.45) is 0 Å². The smallest absolute Gasteiger partial charge is 0.131 e. The average Bonchev–Trinajstić information content (AvgIpc) is 2.53. The van der Waals surface area contributed by atoms with Gasteiger partial charge in [0.05, 0.1) is 18.8 Å². The molecule has 124 valence electrons. The predicted octanol–water partition coefficient (Wildman–Crippen LogP) is 3.23. The van der Waals surface area contributed by atoms with E-state index in [1.54, 1.807) is 7.11 Å². The zero-order valence-corrected chi connectivity index (χ0v) is 13.2. The van der Waals surface area contributed by atoms with E-state index in [9.17, 15) is 13.9 Å². The van der Waals surface area contributed by atoms with Gasteiger partial charge in [-0.2, -0.15) is 0 Å². The molecule has 0 radical (unpaired) electrons. The molecule has 2 rings (SSSR count). The molecule has 0 bridgehead atoms. The second kappa shape index (κ2) is 8.04. The van der Waals surface area contributed by atoms with Crippen molar-refractivity contribution in [3.05, 3.63) is 65.2 Å². The van der Waals surface area contributed by atoms with Crippen molar-refractivity contribution in [3.8, 4) is 5.75 Å². The summed E-state index contributed by atoms with van der Waals surface area (Å²) in [6.45, 7) is 2.00. The molecule has 2 N–H and O–H groups in total. The Hall–Kier alpha value is -1.98. The highest BCUT2D eigenvalue weighted by atomic mass is 19.1. The second-order valence-corrected chi connectivity index (χ2v) is 5.48. The molecule has 0 aliphatic carbocycles. The maximum atomic E-state index is 13.6. The van der Waals surface area contributed by atoms with Gasteiger partial charge in [0.2, 0.25) is 0 Å². The Balaban J connectivity index is 1.95. The van der Waals surface area contributed by atoms with E-state index in [2.05, 4.69) is 5.32 Å². The molecule has 2 aromatic carbocycles. The van der Waals surface area contributed by atoms with E-state index in [4.69, 9.17) is 4.74 Å². The number of methoxy groups -OCH3 is 1. The first-order valence-electron chi connectivity index (χ1n) is 7.50. The number of para-hydroxylation sites is 1. The van der Waals surface area contributed by atoms with Gasteiger partial charge in [0.15, 0.2) is 0 Å². The van der Waals surface area contributed by atoms with Crippen LogP contribution in [0.25, 0.3) is 0 Å². The molecule has 0 aliphatic rings. The summed E-state index contributed by atoms with van der Waals surface area (Å²) < 4.78 is 32.5. The number of hydrogen-bond acceptors (Lipinski definition) is 3. The van der Waals surface area contributed by atoms with Crippen LogP contribution in [0.1, 0.15) is 24.2 Å². The molecule has 2 unspecified atom stereocenters. The summed E-state index contributed by atoms with van der Waals surface area (Å²) in [5.41, 5.74) is 0.728. The van der Waals surface area contributed by atoms with E-state index in [0.717, 1.165) is 23.4 Å². The van der Waals surface area contributed by atoms with Gasteiger partial charge in [-0.15, -0.1) is 0 Å². The molecule has 0 amide bonds. The molecule has 0 aromatic heterocycles. The van der Waals surface area contributed by atoms with Crippen molar-refractivity contribution in [2.45, 2.75) is 25.5 Å². The topological polar surface area (TPSA) is 41.5 Å². The Labute approximate surface area is 134 Å². The van der Waals surface area contributed by atoms with E-state index in [1.807, 2.05) is 31.2 Å². The summed E-state index contributed by atoms with van der Waals surface area (Å²) >= 11 is 0. The summed E-state index contributed by atoms with van der Waals surface area (Å²) in [6, 6.07) is 11.2. The largest absolute Gasteiger partial charge is 0.496 e. The standard InChI is InChI=1S/C18H21F2NO2/c1-12(10-13-6-3-4-9-17(13)23-2)21-11-16(22)18-14(19)7-5-8-15(18)20/h3-9,12,16,21-22H,10-11H2,1-2H3. The van der Waals surface area contributed by atoms with Crippen LogP contribution in [0.15, 0.2) is 42.5 Å². The zero-order chi connectivity index (χ0) is 16.8. The SMILES string of the molecule is COc1ccccc1CC(C)NCC(O)c1c(F)cccc1F. The molecule has 0 fully saturated rings. The quantitative estimate of drug-likeness (QED) is 0.823. The van der Waals surface area contributed by atoms with Crippen molar-refractivity contribution in [3.63, 3.8) is 0 Å². The number of benzene rings is 2. The number of rotatable bonds is 7. The van der Waals surface area contributed by atoms with Gasteiger partial charge >= 0.3 is 0 Å². The molecule has 0 heterocycles. The number of nitrogens with one attached hydrogen (secondary N) is 1. The van der Waals surface area contributed by atoms with E-state index >= 15 is 0 Å². The summed E-state index contributed by atoms with van der Waals surface area (Å²) in [5, 5.41) is 13.1. The van der Waals surface area contributed by atoms with Crippen molar-refractivity contribution in [2.75, 3.05) is 13.7 Å². The highest BCUT2D eigenvalue weighted by molar-refractivity contribution is 5.33. The van der Waals surface area contributed by atoms with Crippen molar-refractivity contribution in [1.29, 1.82) is 0 Å². The lowest BCUT2D eigenvalue weighted by Crippen LogP contribution is -2.32.